The fourth-order valence-electron chi connectivity index (χ4n) is 3.40. The molecule has 1 aromatic carbocycles. The first-order chi connectivity index (χ1) is 11.9. The topological polar surface area (TPSA) is 76.7 Å². The molecular weight excluding hydrogens is 314 g/mol. The van der Waals surface area contributed by atoms with Crippen molar-refractivity contribution in [3.05, 3.63) is 71.3 Å². The lowest BCUT2D eigenvalue weighted by Crippen LogP contribution is -2.38. The van der Waals surface area contributed by atoms with Gasteiger partial charge in [0.2, 0.25) is 0 Å². The van der Waals surface area contributed by atoms with Gasteiger partial charge in [-0.1, -0.05) is 30.7 Å². The van der Waals surface area contributed by atoms with E-state index in [9.17, 15) is 5.11 Å². The van der Waals surface area contributed by atoms with E-state index in [4.69, 9.17) is 0 Å². The number of hydrogen-bond donors (Lipinski definition) is 1. The van der Waals surface area contributed by atoms with E-state index in [-0.39, 0.29) is 5.92 Å². The van der Waals surface area contributed by atoms with Gasteiger partial charge in [-0.3, -0.25) is 0 Å². The van der Waals surface area contributed by atoms with Gasteiger partial charge in [-0.15, -0.1) is 0 Å². The normalized spacial score (nSPS) is 14.9. The van der Waals surface area contributed by atoms with Crippen LogP contribution in [0.15, 0.2) is 43.4 Å². The van der Waals surface area contributed by atoms with Gasteiger partial charge in [-0.2, -0.15) is 5.10 Å². The standard InChI is InChI=1S/C19H23N5O/c1-13-5-6-17(14(2)7-13)19(25,9-24-12-21-11-23-24)16(4)18-15(3)8-20-10-22-18/h5-8,10-12,16,25H,9H2,1-4H3/t16-,19+/m0/s1. The maximum atomic E-state index is 11.8. The summed E-state index contributed by atoms with van der Waals surface area (Å²) in [6.07, 6.45) is 6.39. The number of nitrogens with zero attached hydrogens (tertiary/aromatic N) is 5. The van der Waals surface area contributed by atoms with Gasteiger partial charge >= 0.3 is 0 Å². The van der Waals surface area contributed by atoms with Gasteiger partial charge in [-0.05, 0) is 37.5 Å². The van der Waals surface area contributed by atoms with Crippen molar-refractivity contribution in [2.24, 2.45) is 0 Å². The van der Waals surface area contributed by atoms with Gasteiger partial charge in [0.25, 0.3) is 0 Å². The monoisotopic (exact) mass is 337 g/mol. The summed E-state index contributed by atoms with van der Waals surface area (Å²) < 4.78 is 1.66. The molecule has 25 heavy (non-hydrogen) atoms. The Morgan fingerprint density at radius 2 is 1.92 bits per heavy atom. The Bertz CT molecular complexity index is 862. The van der Waals surface area contributed by atoms with E-state index in [1.165, 1.54) is 12.7 Å². The Morgan fingerprint density at radius 1 is 1.12 bits per heavy atom. The van der Waals surface area contributed by atoms with Gasteiger partial charge in [-0.25, -0.2) is 19.6 Å². The summed E-state index contributed by atoms with van der Waals surface area (Å²) in [7, 11) is 0. The summed E-state index contributed by atoms with van der Waals surface area (Å²) in [4.78, 5) is 12.5. The largest absolute Gasteiger partial charge is 0.383 e. The Morgan fingerprint density at radius 3 is 2.56 bits per heavy atom. The van der Waals surface area contributed by atoms with Crippen LogP contribution in [0.1, 0.15) is 40.8 Å². The molecule has 6 heteroatoms. The van der Waals surface area contributed by atoms with Crippen LogP contribution in [0.3, 0.4) is 0 Å². The van der Waals surface area contributed by atoms with Crippen LogP contribution < -0.4 is 0 Å². The maximum Gasteiger partial charge on any atom is 0.137 e. The van der Waals surface area contributed by atoms with Crippen molar-refractivity contribution < 1.29 is 5.11 Å². The van der Waals surface area contributed by atoms with Crippen molar-refractivity contribution in [1.29, 1.82) is 0 Å². The van der Waals surface area contributed by atoms with E-state index < -0.39 is 5.60 Å². The minimum absolute atomic E-state index is 0.249. The number of rotatable bonds is 5. The third-order valence-corrected chi connectivity index (χ3v) is 4.78. The number of aromatic nitrogens is 5. The molecule has 0 aliphatic heterocycles. The second-order valence-corrected chi connectivity index (χ2v) is 6.65. The van der Waals surface area contributed by atoms with Crippen LogP contribution in [0, 0.1) is 20.8 Å². The van der Waals surface area contributed by atoms with Crippen LogP contribution in [0.5, 0.6) is 0 Å². The zero-order valence-corrected chi connectivity index (χ0v) is 15.0. The van der Waals surface area contributed by atoms with Crippen LogP contribution in [-0.2, 0) is 12.1 Å². The fraction of sp³-hybridized carbons (Fsp3) is 0.368. The molecule has 0 saturated heterocycles. The first-order valence-electron chi connectivity index (χ1n) is 8.31. The van der Waals surface area contributed by atoms with E-state index in [0.717, 1.165) is 27.9 Å². The SMILES string of the molecule is Cc1ccc([C@@](O)(Cn2cncn2)[C@@H](C)c2ncncc2C)c(C)c1. The molecule has 1 N–H and O–H groups in total. The number of hydrogen-bond acceptors (Lipinski definition) is 5. The van der Waals surface area contributed by atoms with Crippen molar-refractivity contribution in [3.63, 3.8) is 0 Å². The highest BCUT2D eigenvalue weighted by Crippen LogP contribution is 2.39. The predicted octanol–water partition coefficient (Wildman–Crippen LogP) is 2.68. The lowest BCUT2D eigenvalue weighted by atomic mass is 9.77. The molecule has 2 atom stereocenters. The Labute approximate surface area is 147 Å². The highest BCUT2D eigenvalue weighted by molar-refractivity contribution is 5.38. The first kappa shape index (κ1) is 17.2. The van der Waals surface area contributed by atoms with Crippen LogP contribution >= 0.6 is 0 Å². The maximum absolute atomic E-state index is 11.8. The third-order valence-electron chi connectivity index (χ3n) is 4.78. The molecule has 3 aromatic rings. The first-order valence-corrected chi connectivity index (χ1v) is 8.31. The van der Waals surface area contributed by atoms with Crippen molar-refractivity contribution in [3.8, 4) is 0 Å². The Balaban J connectivity index is 2.13. The molecule has 0 saturated carbocycles. The highest BCUT2D eigenvalue weighted by atomic mass is 16.3. The average molecular weight is 337 g/mol. The van der Waals surface area contributed by atoms with E-state index in [2.05, 4.69) is 26.1 Å². The van der Waals surface area contributed by atoms with E-state index in [1.807, 2.05) is 39.8 Å². The molecule has 0 bridgehead atoms. The second kappa shape index (κ2) is 6.72. The van der Waals surface area contributed by atoms with Gasteiger partial charge in [0.05, 0.1) is 12.2 Å². The molecule has 0 amide bonds. The summed E-state index contributed by atoms with van der Waals surface area (Å²) >= 11 is 0. The van der Waals surface area contributed by atoms with Gasteiger partial charge in [0.15, 0.2) is 0 Å². The minimum Gasteiger partial charge on any atom is -0.383 e. The Hall–Kier alpha value is -2.60. The van der Waals surface area contributed by atoms with Gasteiger partial charge in [0.1, 0.15) is 24.6 Å². The number of aliphatic hydroxyl groups is 1. The molecule has 0 unspecified atom stereocenters. The third kappa shape index (κ3) is 3.30. The van der Waals surface area contributed by atoms with Crippen LogP contribution in [0.2, 0.25) is 0 Å². The lowest BCUT2D eigenvalue weighted by Gasteiger charge is -2.36. The molecule has 0 spiro atoms. The zero-order valence-electron chi connectivity index (χ0n) is 15.0. The van der Waals surface area contributed by atoms with E-state index >= 15 is 0 Å². The van der Waals surface area contributed by atoms with Crippen molar-refractivity contribution in [1.82, 2.24) is 24.7 Å². The number of aryl methyl sites for hydroxylation is 3. The highest BCUT2D eigenvalue weighted by Gasteiger charge is 2.40. The van der Waals surface area contributed by atoms with Crippen molar-refractivity contribution in [2.45, 2.75) is 45.8 Å². The van der Waals surface area contributed by atoms with Crippen molar-refractivity contribution in [2.75, 3.05) is 0 Å². The average Bonchev–Trinajstić information content (AvgIpc) is 3.07. The van der Waals surface area contributed by atoms with Crippen LogP contribution in [-0.4, -0.2) is 29.8 Å². The van der Waals surface area contributed by atoms with E-state index in [0.29, 0.717) is 6.54 Å². The predicted molar refractivity (Wildman–Crippen MR) is 95.0 cm³/mol. The summed E-state index contributed by atoms with van der Waals surface area (Å²) in [6, 6.07) is 6.10. The van der Waals surface area contributed by atoms with Crippen molar-refractivity contribution >= 4 is 0 Å². The zero-order chi connectivity index (χ0) is 18.0. The molecule has 0 radical (unpaired) electrons. The molecular formula is C19H23N5O. The Kier molecular flexibility index (Phi) is 4.63. The quantitative estimate of drug-likeness (QED) is 0.774. The molecule has 3 rings (SSSR count). The smallest absolute Gasteiger partial charge is 0.137 e. The molecule has 130 valence electrons. The molecule has 0 aliphatic carbocycles. The number of benzene rings is 1. The van der Waals surface area contributed by atoms with Gasteiger partial charge in [0, 0.05) is 12.1 Å². The van der Waals surface area contributed by atoms with E-state index in [1.54, 1.807) is 17.2 Å². The molecule has 0 aliphatic rings. The summed E-state index contributed by atoms with van der Waals surface area (Å²) in [5.41, 5.74) is 3.69. The molecule has 2 heterocycles. The second-order valence-electron chi connectivity index (χ2n) is 6.65. The van der Waals surface area contributed by atoms with Crippen LogP contribution in [0.4, 0.5) is 0 Å². The summed E-state index contributed by atoms with van der Waals surface area (Å²) in [5.74, 6) is -0.249. The lowest BCUT2D eigenvalue weighted by molar-refractivity contribution is -0.00991. The van der Waals surface area contributed by atoms with Gasteiger partial charge < -0.3 is 5.11 Å². The minimum atomic E-state index is -1.18. The fourth-order valence-corrected chi connectivity index (χ4v) is 3.40. The molecule has 6 nitrogen and oxygen atoms in total. The van der Waals surface area contributed by atoms with Crippen LogP contribution in [0.25, 0.3) is 0 Å². The summed E-state index contributed by atoms with van der Waals surface area (Å²) in [6.45, 7) is 8.32. The molecule has 2 aromatic heterocycles. The molecule has 0 fully saturated rings. The summed E-state index contributed by atoms with van der Waals surface area (Å²) in [5, 5.41) is 16.0.